The molecule has 1 aliphatic rings. The van der Waals surface area contributed by atoms with Gasteiger partial charge in [-0.1, -0.05) is 69.2 Å². The number of rotatable bonds is 10. The van der Waals surface area contributed by atoms with Gasteiger partial charge in [0.1, 0.15) is 0 Å². The topological polar surface area (TPSA) is 44.8 Å². The number of carbonyl (C=O) groups is 1. The molecular formula is C25H33N3O2. The quantitative estimate of drug-likeness (QED) is 0.526. The summed E-state index contributed by atoms with van der Waals surface area (Å²) < 4.78 is 4.93. The third-order valence-corrected chi connectivity index (χ3v) is 5.38. The van der Waals surface area contributed by atoms with E-state index in [4.69, 9.17) is 4.74 Å². The monoisotopic (exact) mass is 407 g/mol. The van der Waals surface area contributed by atoms with E-state index in [1.165, 1.54) is 44.1 Å². The highest BCUT2D eigenvalue weighted by Crippen LogP contribution is 2.26. The Hall–Kier alpha value is -2.79. The third kappa shape index (κ3) is 5.42. The standard InChI is InChI=1S/C25H33N3O2/c1-4-6-10-22-19-27(17-7-5-2)26-28(22)18-20-13-15-21(16-14-20)23-11-8-9-12-24(23)25(29)30-3/h8-9,11-16,19,26H,4-7,10,17-18H2,1-3H3. The summed E-state index contributed by atoms with van der Waals surface area (Å²) in [6.45, 7) is 6.27. The number of ether oxygens (including phenoxy) is 1. The molecule has 3 rings (SSSR count). The first kappa shape index (κ1) is 21.9. The number of hydrazine groups is 2. The summed E-state index contributed by atoms with van der Waals surface area (Å²) in [5, 5.41) is 4.46. The maximum atomic E-state index is 12.1. The van der Waals surface area contributed by atoms with Gasteiger partial charge in [-0.05, 0) is 42.0 Å². The van der Waals surface area contributed by atoms with Crippen LogP contribution >= 0.6 is 0 Å². The van der Waals surface area contributed by atoms with Crippen molar-refractivity contribution in [1.82, 2.24) is 15.6 Å². The van der Waals surface area contributed by atoms with Gasteiger partial charge >= 0.3 is 5.97 Å². The molecule has 160 valence electrons. The van der Waals surface area contributed by atoms with Gasteiger partial charge in [0.15, 0.2) is 0 Å². The number of hydrogen-bond donors (Lipinski definition) is 1. The highest BCUT2D eigenvalue weighted by atomic mass is 16.5. The second kappa shape index (κ2) is 10.8. The fraction of sp³-hybridized carbons (Fsp3) is 0.400. The summed E-state index contributed by atoms with van der Waals surface area (Å²) >= 11 is 0. The third-order valence-electron chi connectivity index (χ3n) is 5.38. The van der Waals surface area contributed by atoms with Crippen LogP contribution in [0.2, 0.25) is 0 Å². The number of nitrogens with one attached hydrogen (secondary N) is 1. The molecule has 0 saturated heterocycles. The number of esters is 1. The van der Waals surface area contributed by atoms with Crippen molar-refractivity contribution in [3.05, 3.63) is 71.6 Å². The molecule has 30 heavy (non-hydrogen) atoms. The minimum atomic E-state index is -0.311. The van der Waals surface area contributed by atoms with Crippen LogP contribution in [0.4, 0.5) is 0 Å². The fourth-order valence-electron chi connectivity index (χ4n) is 3.63. The molecule has 1 heterocycles. The summed E-state index contributed by atoms with van der Waals surface area (Å²) in [5.74, 6) is -0.311. The van der Waals surface area contributed by atoms with Crippen LogP contribution in [0.25, 0.3) is 11.1 Å². The van der Waals surface area contributed by atoms with Gasteiger partial charge in [0.25, 0.3) is 0 Å². The van der Waals surface area contributed by atoms with E-state index in [-0.39, 0.29) is 5.97 Å². The second-order valence-corrected chi connectivity index (χ2v) is 7.69. The zero-order valence-corrected chi connectivity index (χ0v) is 18.4. The Bertz CT molecular complexity index is 861. The Morgan fingerprint density at radius 1 is 1.00 bits per heavy atom. The molecule has 0 aromatic heterocycles. The van der Waals surface area contributed by atoms with Crippen LogP contribution in [0.5, 0.6) is 0 Å². The van der Waals surface area contributed by atoms with Crippen molar-refractivity contribution in [1.29, 1.82) is 0 Å². The molecule has 0 amide bonds. The van der Waals surface area contributed by atoms with Crippen molar-refractivity contribution in [2.45, 2.75) is 52.5 Å². The van der Waals surface area contributed by atoms with Crippen LogP contribution in [0.1, 0.15) is 61.9 Å². The van der Waals surface area contributed by atoms with Crippen molar-refractivity contribution in [2.75, 3.05) is 13.7 Å². The van der Waals surface area contributed by atoms with Crippen molar-refractivity contribution >= 4 is 5.97 Å². The lowest BCUT2D eigenvalue weighted by molar-refractivity contribution is 0.0601. The summed E-state index contributed by atoms with van der Waals surface area (Å²) in [7, 11) is 1.42. The number of benzene rings is 2. The molecule has 0 aliphatic carbocycles. The average molecular weight is 408 g/mol. The molecule has 1 aliphatic heterocycles. The fourth-order valence-corrected chi connectivity index (χ4v) is 3.63. The first-order chi connectivity index (χ1) is 14.7. The molecule has 2 aromatic rings. The maximum Gasteiger partial charge on any atom is 0.338 e. The lowest BCUT2D eigenvalue weighted by Crippen LogP contribution is -2.40. The molecule has 0 unspecified atom stereocenters. The van der Waals surface area contributed by atoms with Gasteiger partial charge in [0.2, 0.25) is 0 Å². The Morgan fingerprint density at radius 2 is 1.73 bits per heavy atom. The van der Waals surface area contributed by atoms with Crippen LogP contribution in [-0.2, 0) is 11.3 Å². The Kier molecular flexibility index (Phi) is 7.91. The van der Waals surface area contributed by atoms with E-state index in [1.54, 1.807) is 6.07 Å². The summed E-state index contributed by atoms with van der Waals surface area (Å²) in [4.78, 5) is 12.1. The van der Waals surface area contributed by atoms with Crippen molar-refractivity contribution in [2.24, 2.45) is 0 Å². The van der Waals surface area contributed by atoms with Gasteiger partial charge in [-0.3, -0.25) is 10.0 Å². The molecular weight excluding hydrogens is 374 g/mol. The van der Waals surface area contributed by atoms with Crippen LogP contribution in [-0.4, -0.2) is 29.6 Å². The van der Waals surface area contributed by atoms with Crippen molar-refractivity contribution in [3.8, 4) is 11.1 Å². The van der Waals surface area contributed by atoms with E-state index in [1.807, 2.05) is 18.2 Å². The zero-order chi connectivity index (χ0) is 21.3. The van der Waals surface area contributed by atoms with E-state index in [0.717, 1.165) is 30.6 Å². The van der Waals surface area contributed by atoms with Gasteiger partial charge < -0.3 is 4.74 Å². The summed E-state index contributed by atoms with van der Waals surface area (Å²) in [6, 6.07) is 16.0. The molecule has 0 bridgehead atoms. The van der Waals surface area contributed by atoms with E-state index in [9.17, 15) is 4.79 Å². The Morgan fingerprint density at radius 3 is 2.43 bits per heavy atom. The smallest absolute Gasteiger partial charge is 0.338 e. The molecule has 0 atom stereocenters. The van der Waals surface area contributed by atoms with Gasteiger partial charge in [0.05, 0.1) is 19.2 Å². The predicted octanol–water partition coefficient (Wildman–Crippen LogP) is 5.51. The maximum absolute atomic E-state index is 12.1. The minimum Gasteiger partial charge on any atom is -0.465 e. The molecule has 5 heteroatoms. The number of unbranched alkanes of at least 4 members (excludes halogenated alkanes) is 2. The van der Waals surface area contributed by atoms with E-state index in [2.05, 4.69) is 59.9 Å². The lowest BCUT2D eigenvalue weighted by atomic mass is 9.98. The largest absolute Gasteiger partial charge is 0.465 e. The predicted molar refractivity (Wildman–Crippen MR) is 121 cm³/mol. The first-order valence-electron chi connectivity index (χ1n) is 10.9. The first-order valence-corrected chi connectivity index (χ1v) is 10.9. The number of allylic oxidation sites excluding steroid dienone is 1. The molecule has 5 nitrogen and oxygen atoms in total. The Labute approximate surface area is 180 Å². The minimum absolute atomic E-state index is 0.311. The molecule has 0 fully saturated rings. The molecule has 0 radical (unpaired) electrons. The molecule has 1 N–H and O–H groups in total. The van der Waals surface area contributed by atoms with Crippen LogP contribution in [0.15, 0.2) is 60.4 Å². The number of hydrogen-bond acceptors (Lipinski definition) is 5. The van der Waals surface area contributed by atoms with E-state index >= 15 is 0 Å². The normalized spacial score (nSPS) is 13.5. The van der Waals surface area contributed by atoms with Crippen molar-refractivity contribution in [3.63, 3.8) is 0 Å². The van der Waals surface area contributed by atoms with Crippen LogP contribution < -0.4 is 5.53 Å². The van der Waals surface area contributed by atoms with E-state index in [0.29, 0.717) is 5.56 Å². The number of methoxy groups -OCH3 is 1. The zero-order valence-electron chi connectivity index (χ0n) is 18.4. The van der Waals surface area contributed by atoms with Gasteiger partial charge in [-0.15, -0.1) is 5.53 Å². The highest BCUT2D eigenvalue weighted by molar-refractivity contribution is 5.97. The molecule has 0 spiro atoms. The summed E-state index contributed by atoms with van der Waals surface area (Å²) in [6.07, 6.45) is 8.07. The van der Waals surface area contributed by atoms with Crippen LogP contribution in [0.3, 0.4) is 0 Å². The Balaban J connectivity index is 1.72. The highest BCUT2D eigenvalue weighted by Gasteiger charge is 2.20. The van der Waals surface area contributed by atoms with E-state index < -0.39 is 0 Å². The molecule has 2 aromatic carbocycles. The van der Waals surface area contributed by atoms with Crippen LogP contribution in [0, 0.1) is 0 Å². The second-order valence-electron chi connectivity index (χ2n) is 7.69. The van der Waals surface area contributed by atoms with Crippen molar-refractivity contribution < 1.29 is 9.53 Å². The van der Waals surface area contributed by atoms with Gasteiger partial charge in [-0.25, -0.2) is 4.79 Å². The van der Waals surface area contributed by atoms with Gasteiger partial charge in [0, 0.05) is 18.4 Å². The number of carbonyl (C=O) groups excluding carboxylic acids is 1. The number of nitrogens with zero attached hydrogens (tertiary/aromatic N) is 2. The SMILES string of the molecule is CCCCC1=CN(CCCC)NN1Cc1ccc(-c2ccccc2C(=O)OC)cc1. The molecule has 0 saturated carbocycles. The van der Waals surface area contributed by atoms with Gasteiger partial charge in [-0.2, -0.15) is 0 Å². The summed E-state index contributed by atoms with van der Waals surface area (Å²) in [5.41, 5.74) is 8.58. The average Bonchev–Trinajstić information content (AvgIpc) is 3.17. The lowest BCUT2D eigenvalue weighted by Gasteiger charge is -2.25.